The molecule has 4 rings (SSSR count). The number of furan rings is 1. The second-order valence-electron chi connectivity index (χ2n) is 7.52. The number of carbonyl (C=O) groups is 1. The Morgan fingerprint density at radius 2 is 1.83 bits per heavy atom. The van der Waals surface area contributed by atoms with E-state index in [-0.39, 0.29) is 17.9 Å². The van der Waals surface area contributed by atoms with Crippen molar-refractivity contribution in [1.82, 2.24) is 14.5 Å². The number of methoxy groups -OCH3 is 1. The van der Waals surface area contributed by atoms with Crippen LogP contribution in [0.25, 0.3) is 11.1 Å². The maximum absolute atomic E-state index is 12.7. The van der Waals surface area contributed by atoms with Crippen molar-refractivity contribution < 1.29 is 13.9 Å². The molecule has 158 valence electrons. The third-order valence-corrected chi connectivity index (χ3v) is 5.79. The molecule has 0 spiro atoms. The lowest BCUT2D eigenvalue weighted by Gasteiger charge is -2.36. The second kappa shape index (κ2) is 8.22. The summed E-state index contributed by atoms with van der Waals surface area (Å²) in [5.74, 6) is 1.57. The third kappa shape index (κ3) is 3.77. The van der Waals surface area contributed by atoms with Gasteiger partial charge in [0.1, 0.15) is 23.2 Å². The van der Waals surface area contributed by atoms with E-state index in [0.29, 0.717) is 36.5 Å². The molecule has 1 aliphatic rings. The molecule has 0 aliphatic carbocycles. The fourth-order valence-corrected chi connectivity index (χ4v) is 3.81. The van der Waals surface area contributed by atoms with Crippen molar-refractivity contribution in [3.63, 3.8) is 0 Å². The van der Waals surface area contributed by atoms with E-state index in [4.69, 9.17) is 9.15 Å². The average Bonchev–Trinajstić information content (AvgIpc) is 3.07. The van der Waals surface area contributed by atoms with Gasteiger partial charge in [-0.3, -0.25) is 14.2 Å². The number of nitrogens with zero attached hydrogens (tertiary/aromatic N) is 4. The summed E-state index contributed by atoms with van der Waals surface area (Å²) in [6.07, 6.45) is 1.73. The SMILES string of the molecule is COc1ccc(N2CCN(C(=O)CCn3cnc4oc(C)c(C)c4c3=O)CC2)cc1. The van der Waals surface area contributed by atoms with E-state index >= 15 is 0 Å². The number of fused-ring (bicyclic) bond motifs is 1. The zero-order valence-corrected chi connectivity index (χ0v) is 17.6. The first-order valence-electron chi connectivity index (χ1n) is 10.1. The Labute approximate surface area is 174 Å². The highest BCUT2D eigenvalue weighted by atomic mass is 16.5. The van der Waals surface area contributed by atoms with Gasteiger partial charge in [-0.25, -0.2) is 4.98 Å². The molecule has 0 bridgehead atoms. The van der Waals surface area contributed by atoms with Crippen molar-refractivity contribution >= 4 is 22.7 Å². The number of hydrogen-bond acceptors (Lipinski definition) is 6. The summed E-state index contributed by atoms with van der Waals surface area (Å²) in [6, 6.07) is 7.95. The van der Waals surface area contributed by atoms with Gasteiger partial charge in [0.15, 0.2) is 0 Å². The van der Waals surface area contributed by atoms with Crippen LogP contribution in [0.2, 0.25) is 0 Å². The zero-order valence-electron chi connectivity index (χ0n) is 17.6. The first-order chi connectivity index (χ1) is 14.5. The Hall–Kier alpha value is -3.29. The number of rotatable bonds is 5. The maximum Gasteiger partial charge on any atom is 0.264 e. The minimum Gasteiger partial charge on any atom is -0.497 e. The van der Waals surface area contributed by atoms with Gasteiger partial charge in [-0.05, 0) is 38.1 Å². The molecule has 0 saturated carbocycles. The van der Waals surface area contributed by atoms with Crippen LogP contribution in [0.5, 0.6) is 5.75 Å². The van der Waals surface area contributed by atoms with E-state index in [1.807, 2.05) is 43.0 Å². The van der Waals surface area contributed by atoms with Gasteiger partial charge in [0.05, 0.1) is 7.11 Å². The molecule has 0 atom stereocenters. The van der Waals surface area contributed by atoms with Crippen molar-refractivity contribution in [3.05, 3.63) is 52.3 Å². The van der Waals surface area contributed by atoms with Gasteiger partial charge in [0.2, 0.25) is 11.6 Å². The summed E-state index contributed by atoms with van der Waals surface area (Å²) in [5, 5.41) is 0.496. The molecule has 1 aromatic carbocycles. The largest absolute Gasteiger partial charge is 0.497 e. The maximum atomic E-state index is 12.7. The number of aromatic nitrogens is 2. The molecule has 1 aliphatic heterocycles. The molecule has 1 saturated heterocycles. The van der Waals surface area contributed by atoms with Crippen LogP contribution in [-0.2, 0) is 11.3 Å². The Balaban J connectivity index is 1.35. The van der Waals surface area contributed by atoms with Crippen LogP contribution in [0.15, 0.2) is 39.8 Å². The van der Waals surface area contributed by atoms with Gasteiger partial charge in [-0.2, -0.15) is 0 Å². The summed E-state index contributed by atoms with van der Waals surface area (Å²) in [5.41, 5.74) is 2.12. The summed E-state index contributed by atoms with van der Waals surface area (Å²) in [4.78, 5) is 33.8. The van der Waals surface area contributed by atoms with E-state index in [1.54, 1.807) is 7.11 Å². The van der Waals surface area contributed by atoms with Crippen LogP contribution >= 0.6 is 0 Å². The first kappa shape index (κ1) is 20.0. The third-order valence-electron chi connectivity index (χ3n) is 5.79. The van der Waals surface area contributed by atoms with Crippen LogP contribution < -0.4 is 15.2 Å². The van der Waals surface area contributed by atoms with Crippen LogP contribution in [0, 0.1) is 13.8 Å². The average molecular weight is 410 g/mol. The zero-order chi connectivity index (χ0) is 21.3. The number of hydrogen-bond donors (Lipinski definition) is 0. The highest BCUT2D eigenvalue weighted by Crippen LogP contribution is 2.21. The first-order valence-corrected chi connectivity index (χ1v) is 10.1. The van der Waals surface area contributed by atoms with Gasteiger partial charge >= 0.3 is 0 Å². The quantitative estimate of drug-likeness (QED) is 0.642. The minimum atomic E-state index is -0.161. The molecule has 0 unspecified atom stereocenters. The van der Waals surface area contributed by atoms with Crippen molar-refractivity contribution in [2.24, 2.45) is 0 Å². The lowest BCUT2D eigenvalue weighted by atomic mass is 10.2. The number of aryl methyl sites for hydroxylation is 3. The fraction of sp³-hybridized carbons (Fsp3) is 0.409. The van der Waals surface area contributed by atoms with Crippen molar-refractivity contribution in [1.29, 1.82) is 0 Å². The number of anilines is 1. The molecule has 30 heavy (non-hydrogen) atoms. The van der Waals surface area contributed by atoms with Gasteiger partial charge in [0.25, 0.3) is 5.56 Å². The van der Waals surface area contributed by atoms with Gasteiger partial charge in [-0.15, -0.1) is 0 Å². The Morgan fingerprint density at radius 3 is 2.50 bits per heavy atom. The summed E-state index contributed by atoms with van der Waals surface area (Å²) in [7, 11) is 1.65. The number of ether oxygens (including phenoxy) is 1. The molecule has 1 fully saturated rings. The molecule has 1 amide bonds. The van der Waals surface area contributed by atoms with E-state index in [9.17, 15) is 9.59 Å². The predicted octanol–water partition coefficient (Wildman–Crippen LogP) is 2.35. The Morgan fingerprint density at radius 1 is 1.13 bits per heavy atom. The van der Waals surface area contributed by atoms with Crippen molar-refractivity contribution in [2.75, 3.05) is 38.2 Å². The van der Waals surface area contributed by atoms with Crippen LogP contribution in [0.4, 0.5) is 5.69 Å². The lowest BCUT2D eigenvalue weighted by molar-refractivity contribution is -0.131. The van der Waals surface area contributed by atoms with Crippen molar-refractivity contribution in [3.8, 4) is 5.75 Å². The number of benzene rings is 1. The summed E-state index contributed by atoms with van der Waals surface area (Å²) >= 11 is 0. The second-order valence-corrected chi connectivity index (χ2v) is 7.52. The Bertz CT molecular complexity index is 1110. The number of carbonyl (C=O) groups excluding carboxylic acids is 1. The molecule has 0 radical (unpaired) electrons. The van der Waals surface area contributed by atoms with E-state index in [1.165, 1.54) is 10.9 Å². The van der Waals surface area contributed by atoms with Crippen LogP contribution in [0.1, 0.15) is 17.7 Å². The van der Waals surface area contributed by atoms with Crippen LogP contribution in [-0.4, -0.2) is 53.6 Å². The standard InChI is InChI=1S/C22H26N4O4/c1-15-16(2)30-21-20(15)22(28)26(14-23-21)9-8-19(27)25-12-10-24(11-13-25)17-4-6-18(29-3)7-5-17/h4-7,14H,8-13H2,1-3H3. The van der Waals surface area contributed by atoms with Gasteiger partial charge in [0, 0.05) is 50.4 Å². The molecule has 2 aromatic heterocycles. The molecular weight excluding hydrogens is 384 g/mol. The number of amides is 1. The van der Waals surface area contributed by atoms with E-state index < -0.39 is 0 Å². The van der Waals surface area contributed by atoms with Gasteiger partial charge in [-0.1, -0.05) is 0 Å². The normalized spacial score (nSPS) is 14.4. The summed E-state index contributed by atoms with van der Waals surface area (Å²) < 4.78 is 12.2. The topological polar surface area (TPSA) is 80.8 Å². The fourth-order valence-electron chi connectivity index (χ4n) is 3.81. The molecular formula is C22H26N4O4. The molecule has 0 N–H and O–H groups in total. The molecule has 3 aromatic rings. The van der Waals surface area contributed by atoms with Crippen molar-refractivity contribution in [2.45, 2.75) is 26.8 Å². The molecule has 3 heterocycles. The minimum absolute atomic E-state index is 0.0523. The number of piperazine rings is 1. The predicted molar refractivity (Wildman–Crippen MR) is 114 cm³/mol. The lowest BCUT2D eigenvalue weighted by Crippen LogP contribution is -2.49. The van der Waals surface area contributed by atoms with E-state index in [0.717, 1.165) is 30.1 Å². The molecule has 8 heteroatoms. The smallest absolute Gasteiger partial charge is 0.264 e. The van der Waals surface area contributed by atoms with Gasteiger partial charge < -0.3 is 19.0 Å². The van der Waals surface area contributed by atoms with Crippen LogP contribution in [0.3, 0.4) is 0 Å². The highest BCUT2D eigenvalue weighted by Gasteiger charge is 2.22. The molecule has 8 nitrogen and oxygen atoms in total. The van der Waals surface area contributed by atoms with E-state index in [2.05, 4.69) is 9.88 Å². The summed E-state index contributed by atoms with van der Waals surface area (Å²) in [6.45, 7) is 6.85. The highest BCUT2D eigenvalue weighted by molar-refractivity contribution is 5.78. The monoisotopic (exact) mass is 410 g/mol. The Kier molecular flexibility index (Phi) is 5.48.